The van der Waals surface area contributed by atoms with Crippen LogP contribution in [0.1, 0.15) is 13.3 Å². The summed E-state index contributed by atoms with van der Waals surface area (Å²) in [5, 5.41) is 11.3. The second kappa shape index (κ2) is 5.94. The van der Waals surface area contributed by atoms with Crippen molar-refractivity contribution in [3.63, 3.8) is 0 Å². The molecule has 0 amide bonds. The Morgan fingerprint density at radius 1 is 1.50 bits per heavy atom. The van der Waals surface area contributed by atoms with Crippen molar-refractivity contribution in [2.75, 3.05) is 18.8 Å². The van der Waals surface area contributed by atoms with Gasteiger partial charge in [0.2, 0.25) is 0 Å². The molecule has 0 aliphatic heterocycles. The number of hydrogen-bond acceptors (Lipinski definition) is 4. The Morgan fingerprint density at radius 3 is 2.50 bits per heavy atom. The van der Waals surface area contributed by atoms with Gasteiger partial charge < -0.3 is 10.4 Å². The van der Waals surface area contributed by atoms with Crippen LogP contribution in [0.15, 0.2) is 0 Å². The normalized spacial score (nSPS) is 13.9. The predicted molar refractivity (Wildman–Crippen MR) is 50.7 cm³/mol. The van der Waals surface area contributed by atoms with Crippen LogP contribution < -0.4 is 5.32 Å². The molecule has 7 heteroatoms. The summed E-state index contributed by atoms with van der Waals surface area (Å²) in [4.78, 5) is 10.3. The number of carboxylic acid groups (broad SMARTS) is 1. The Bertz CT molecular complexity index is 274. The van der Waals surface area contributed by atoms with Gasteiger partial charge in [-0.05, 0) is 13.0 Å². The maximum atomic E-state index is 10.3. The number of carbonyl (C=O) groups is 1. The summed E-state index contributed by atoms with van der Waals surface area (Å²) in [7, 11) is -3.90. The van der Waals surface area contributed by atoms with Crippen molar-refractivity contribution in [3.05, 3.63) is 0 Å². The van der Waals surface area contributed by atoms with Crippen molar-refractivity contribution >= 4 is 16.1 Å². The first-order valence-electron chi connectivity index (χ1n) is 4.21. The number of nitrogens with one attached hydrogen (secondary N) is 1. The summed E-state index contributed by atoms with van der Waals surface area (Å²) in [6.07, 6.45) is 0.269. The quantitative estimate of drug-likeness (QED) is 0.401. The molecule has 0 fully saturated rings. The van der Waals surface area contributed by atoms with E-state index >= 15 is 0 Å². The minimum atomic E-state index is -3.90. The van der Waals surface area contributed by atoms with E-state index in [0.717, 1.165) is 0 Å². The van der Waals surface area contributed by atoms with Crippen molar-refractivity contribution < 1.29 is 22.9 Å². The van der Waals surface area contributed by atoms with Gasteiger partial charge in [-0.3, -0.25) is 9.35 Å². The van der Waals surface area contributed by atoms with E-state index in [1.807, 2.05) is 0 Å². The Hall–Kier alpha value is -0.660. The second-order valence-electron chi connectivity index (χ2n) is 3.08. The topological polar surface area (TPSA) is 104 Å². The first kappa shape index (κ1) is 13.3. The zero-order valence-electron chi connectivity index (χ0n) is 7.93. The third-order valence-electron chi connectivity index (χ3n) is 1.63. The van der Waals surface area contributed by atoms with Crippen LogP contribution in [0.25, 0.3) is 0 Å². The molecular weight excluding hydrogens is 210 g/mol. The van der Waals surface area contributed by atoms with Gasteiger partial charge in [-0.2, -0.15) is 8.42 Å². The maximum Gasteiger partial charge on any atom is 0.307 e. The van der Waals surface area contributed by atoms with Gasteiger partial charge in [0.05, 0.1) is 11.7 Å². The molecule has 1 unspecified atom stereocenters. The number of rotatable bonds is 7. The molecular formula is C7H15NO5S. The molecule has 0 spiro atoms. The highest BCUT2D eigenvalue weighted by Crippen LogP contribution is 1.92. The molecule has 0 heterocycles. The highest BCUT2D eigenvalue weighted by molar-refractivity contribution is 7.85. The summed E-state index contributed by atoms with van der Waals surface area (Å²) in [6, 6.07) is 0. The van der Waals surface area contributed by atoms with E-state index in [2.05, 4.69) is 5.32 Å². The molecule has 1 atom stereocenters. The molecule has 0 aliphatic rings. The van der Waals surface area contributed by atoms with Crippen LogP contribution in [0, 0.1) is 5.92 Å². The lowest BCUT2D eigenvalue weighted by atomic mass is 10.2. The van der Waals surface area contributed by atoms with E-state index in [1.54, 1.807) is 6.92 Å². The van der Waals surface area contributed by atoms with Gasteiger partial charge >= 0.3 is 5.97 Å². The van der Waals surface area contributed by atoms with Gasteiger partial charge in [0, 0.05) is 6.54 Å². The fourth-order valence-electron chi connectivity index (χ4n) is 0.785. The molecule has 0 aromatic heterocycles. The smallest absolute Gasteiger partial charge is 0.307 e. The lowest BCUT2D eigenvalue weighted by Crippen LogP contribution is -2.27. The van der Waals surface area contributed by atoms with E-state index in [-0.39, 0.29) is 12.2 Å². The van der Waals surface area contributed by atoms with Crippen molar-refractivity contribution in [2.24, 2.45) is 5.92 Å². The first-order valence-corrected chi connectivity index (χ1v) is 5.82. The molecule has 0 saturated heterocycles. The van der Waals surface area contributed by atoms with Gasteiger partial charge in [-0.1, -0.05) is 6.92 Å². The molecule has 0 aromatic rings. The zero-order chi connectivity index (χ0) is 11.2. The van der Waals surface area contributed by atoms with Crippen LogP contribution in [-0.4, -0.2) is 42.9 Å². The van der Waals surface area contributed by atoms with E-state index in [1.165, 1.54) is 0 Å². The minimum absolute atomic E-state index is 0.269. The average Bonchev–Trinajstić information content (AvgIpc) is 2.01. The summed E-state index contributed by atoms with van der Waals surface area (Å²) < 4.78 is 28.9. The van der Waals surface area contributed by atoms with Crippen LogP contribution in [0.4, 0.5) is 0 Å². The number of aliphatic carboxylic acids is 1. The molecule has 0 rings (SSSR count). The molecule has 84 valence electrons. The number of hydrogen-bond donors (Lipinski definition) is 3. The fourth-order valence-corrected chi connectivity index (χ4v) is 1.29. The van der Waals surface area contributed by atoms with Crippen LogP contribution in [0.3, 0.4) is 0 Å². The fraction of sp³-hybridized carbons (Fsp3) is 0.857. The Labute approximate surface area is 83.1 Å². The zero-order valence-corrected chi connectivity index (χ0v) is 8.75. The molecule has 14 heavy (non-hydrogen) atoms. The Balaban J connectivity index is 3.44. The van der Waals surface area contributed by atoms with Crippen molar-refractivity contribution in [2.45, 2.75) is 13.3 Å². The number of carboxylic acids is 1. The summed E-state index contributed by atoms with van der Waals surface area (Å²) >= 11 is 0. The summed E-state index contributed by atoms with van der Waals surface area (Å²) in [6.45, 7) is 2.22. The van der Waals surface area contributed by atoms with Crippen LogP contribution >= 0.6 is 0 Å². The van der Waals surface area contributed by atoms with Gasteiger partial charge in [-0.25, -0.2) is 0 Å². The average molecular weight is 225 g/mol. The van der Waals surface area contributed by atoms with Gasteiger partial charge in [0.1, 0.15) is 0 Å². The predicted octanol–water partition coefficient (Wildman–Crippen LogP) is -0.425. The Morgan fingerprint density at radius 2 is 2.07 bits per heavy atom. The van der Waals surface area contributed by atoms with Crippen LogP contribution in [-0.2, 0) is 14.9 Å². The van der Waals surface area contributed by atoms with Crippen LogP contribution in [0.5, 0.6) is 0 Å². The van der Waals surface area contributed by atoms with E-state index in [9.17, 15) is 13.2 Å². The minimum Gasteiger partial charge on any atom is -0.481 e. The molecule has 6 nitrogen and oxygen atoms in total. The lowest BCUT2D eigenvalue weighted by Gasteiger charge is -2.07. The van der Waals surface area contributed by atoms with Crippen molar-refractivity contribution in [3.8, 4) is 0 Å². The molecule has 0 radical (unpaired) electrons. The highest BCUT2D eigenvalue weighted by atomic mass is 32.2. The largest absolute Gasteiger partial charge is 0.481 e. The van der Waals surface area contributed by atoms with Gasteiger partial charge in [-0.15, -0.1) is 0 Å². The van der Waals surface area contributed by atoms with E-state index in [0.29, 0.717) is 13.1 Å². The lowest BCUT2D eigenvalue weighted by molar-refractivity contribution is -0.140. The molecule has 0 aromatic carbocycles. The van der Waals surface area contributed by atoms with E-state index < -0.39 is 22.0 Å². The standard InChI is InChI=1S/C7H15NO5S/c1-6(7(9)10)5-8-3-2-4-14(11,12)13/h6,8H,2-5H2,1H3,(H,9,10)(H,11,12,13). The summed E-state index contributed by atoms with van der Waals surface area (Å²) in [5.41, 5.74) is 0. The summed E-state index contributed by atoms with van der Waals surface area (Å²) in [5.74, 6) is -1.70. The van der Waals surface area contributed by atoms with E-state index in [4.69, 9.17) is 9.66 Å². The molecule has 0 bridgehead atoms. The SMILES string of the molecule is CC(CNCCCS(=O)(=O)O)C(=O)O. The third-order valence-corrected chi connectivity index (χ3v) is 2.43. The molecule has 0 aliphatic carbocycles. The molecule has 0 saturated carbocycles. The van der Waals surface area contributed by atoms with Gasteiger partial charge in [0.15, 0.2) is 0 Å². The highest BCUT2D eigenvalue weighted by Gasteiger charge is 2.09. The first-order chi connectivity index (χ1) is 6.33. The van der Waals surface area contributed by atoms with Crippen molar-refractivity contribution in [1.82, 2.24) is 5.32 Å². The Kier molecular flexibility index (Phi) is 5.66. The van der Waals surface area contributed by atoms with Gasteiger partial charge in [0.25, 0.3) is 10.1 Å². The molecule has 3 N–H and O–H groups in total. The van der Waals surface area contributed by atoms with Crippen LogP contribution in [0.2, 0.25) is 0 Å². The second-order valence-corrected chi connectivity index (χ2v) is 4.66. The monoisotopic (exact) mass is 225 g/mol. The maximum absolute atomic E-state index is 10.3. The van der Waals surface area contributed by atoms with Crippen molar-refractivity contribution in [1.29, 1.82) is 0 Å². The third kappa shape index (κ3) is 7.96.